The highest BCUT2D eigenvalue weighted by Gasteiger charge is 2.22. The molecule has 0 atom stereocenters. The van der Waals surface area contributed by atoms with E-state index in [1.54, 1.807) is 4.90 Å². The van der Waals surface area contributed by atoms with Crippen molar-refractivity contribution in [2.45, 2.75) is 32.4 Å². The van der Waals surface area contributed by atoms with E-state index in [-0.39, 0.29) is 18.7 Å². The first kappa shape index (κ1) is 18.0. The fourth-order valence-corrected chi connectivity index (χ4v) is 3.00. The molecule has 2 amide bonds. The molecule has 0 aromatic heterocycles. The lowest BCUT2D eigenvalue weighted by molar-refractivity contribution is 0.160. The van der Waals surface area contributed by atoms with Crippen molar-refractivity contribution in [1.29, 1.82) is 0 Å². The molecule has 5 nitrogen and oxygen atoms in total. The monoisotopic (exact) mass is 339 g/mol. The number of nitrogens with one attached hydrogen (secondary N) is 1. The summed E-state index contributed by atoms with van der Waals surface area (Å²) in [6.45, 7) is 5.78. The normalized spacial score (nSPS) is 16.3. The largest absolute Gasteiger partial charge is 0.395 e. The number of hydrogen-bond acceptors (Lipinski definition) is 3. The van der Waals surface area contributed by atoms with Crippen LogP contribution < -0.4 is 5.32 Å². The summed E-state index contributed by atoms with van der Waals surface area (Å²) < 4.78 is 0. The second-order valence-corrected chi connectivity index (χ2v) is 6.37. The number of likely N-dealkylation sites (tertiary alicyclic amines) is 1. The third-order valence-electron chi connectivity index (χ3n) is 4.27. The number of aliphatic hydroxyl groups is 1. The highest BCUT2D eigenvalue weighted by molar-refractivity contribution is 6.30. The molecule has 0 saturated carbocycles. The van der Waals surface area contributed by atoms with Gasteiger partial charge in [0, 0.05) is 43.8 Å². The maximum atomic E-state index is 12.1. The van der Waals surface area contributed by atoms with Crippen molar-refractivity contribution in [2.75, 3.05) is 32.8 Å². The third-order valence-corrected chi connectivity index (χ3v) is 4.53. The summed E-state index contributed by atoms with van der Waals surface area (Å²) in [5.74, 6) is 0. The molecule has 1 heterocycles. The Kier molecular flexibility index (Phi) is 7.15. The van der Waals surface area contributed by atoms with Crippen LogP contribution in [0.5, 0.6) is 0 Å². The average molecular weight is 340 g/mol. The smallest absolute Gasteiger partial charge is 0.317 e. The standard InChI is InChI=1S/C17H26ClN3O2/c1-2-21(11-12-22)17(23)19-16-7-9-20(10-8-16)13-14-3-5-15(18)6-4-14/h3-6,16,22H,2,7-13H2,1H3,(H,19,23). The Labute approximate surface area is 143 Å². The van der Waals surface area contributed by atoms with Crippen LogP contribution in [0.15, 0.2) is 24.3 Å². The number of likely N-dealkylation sites (N-methyl/N-ethyl adjacent to an activating group) is 1. The molecule has 0 spiro atoms. The number of amides is 2. The second-order valence-electron chi connectivity index (χ2n) is 5.93. The van der Waals surface area contributed by atoms with Crippen LogP contribution in [-0.2, 0) is 6.54 Å². The Morgan fingerprint density at radius 1 is 1.35 bits per heavy atom. The van der Waals surface area contributed by atoms with Gasteiger partial charge in [-0.25, -0.2) is 4.79 Å². The quantitative estimate of drug-likeness (QED) is 0.836. The van der Waals surface area contributed by atoms with Crippen LogP contribution in [0.2, 0.25) is 5.02 Å². The molecule has 128 valence electrons. The molecule has 0 aliphatic carbocycles. The SMILES string of the molecule is CCN(CCO)C(=O)NC1CCN(Cc2ccc(Cl)cc2)CC1. The average Bonchev–Trinajstić information content (AvgIpc) is 2.56. The summed E-state index contributed by atoms with van der Waals surface area (Å²) in [4.78, 5) is 16.2. The number of piperidine rings is 1. The first-order valence-electron chi connectivity index (χ1n) is 8.25. The van der Waals surface area contributed by atoms with Gasteiger partial charge in [-0.1, -0.05) is 23.7 Å². The third kappa shape index (κ3) is 5.68. The molecule has 0 radical (unpaired) electrons. The number of carbonyl (C=O) groups is 1. The Hall–Kier alpha value is -1.30. The van der Waals surface area contributed by atoms with E-state index in [1.807, 2.05) is 19.1 Å². The van der Waals surface area contributed by atoms with Gasteiger partial charge in [-0.2, -0.15) is 0 Å². The lowest BCUT2D eigenvalue weighted by Crippen LogP contribution is -2.49. The topological polar surface area (TPSA) is 55.8 Å². The number of carbonyl (C=O) groups excluding carboxylic acids is 1. The Bertz CT molecular complexity index is 487. The van der Waals surface area contributed by atoms with Crippen molar-refractivity contribution in [1.82, 2.24) is 15.1 Å². The molecule has 0 unspecified atom stereocenters. The molecular formula is C17H26ClN3O2. The summed E-state index contributed by atoms with van der Waals surface area (Å²) in [6.07, 6.45) is 1.91. The van der Waals surface area contributed by atoms with Crippen molar-refractivity contribution in [3.05, 3.63) is 34.9 Å². The van der Waals surface area contributed by atoms with E-state index >= 15 is 0 Å². The van der Waals surface area contributed by atoms with E-state index in [0.717, 1.165) is 37.5 Å². The molecular weight excluding hydrogens is 314 g/mol. The minimum absolute atomic E-state index is 0.000790. The molecule has 1 aliphatic rings. The number of hydrogen-bond donors (Lipinski definition) is 2. The first-order chi connectivity index (χ1) is 11.1. The lowest BCUT2D eigenvalue weighted by Gasteiger charge is -2.33. The fourth-order valence-electron chi connectivity index (χ4n) is 2.87. The van der Waals surface area contributed by atoms with Gasteiger partial charge in [-0.05, 0) is 37.5 Å². The molecule has 1 aromatic carbocycles. The zero-order valence-corrected chi connectivity index (χ0v) is 14.4. The van der Waals surface area contributed by atoms with Crippen LogP contribution in [0.3, 0.4) is 0 Å². The minimum atomic E-state index is -0.0716. The molecule has 1 aromatic rings. The van der Waals surface area contributed by atoms with Crippen molar-refractivity contribution in [3.8, 4) is 0 Å². The van der Waals surface area contributed by atoms with Gasteiger partial charge in [0.25, 0.3) is 0 Å². The van der Waals surface area contributed by atoms with E-state index in [1.165, 1.54) is 5.56 Å². The van der Waals surface area contributed by atoms with Gasteiger partial charge in [-0.15, -0.1) is 0 Å². The molecule has 1 fully saturated rings. The van der Waals surface area contributed by atoms with E-state index in [9.17, 15) is 4.79 Å². The minimum Gasteiger partial charge on any atom is -0.395 e. The van der Waals surface area contributed by atoms with Gasteiger partial charge in [-0.3, -0.25) is 4.90 Å². The van der Waals surface area contributed by atoms with E-state index in [2.05, 4.69) is 22.3 Å². The first-order valence-corrected chi connectivity index (χ1v) is 8.63. The number of halogens is 1. The number of benzene rings is 1. The predicted octanol–water partition coefficient (Wildman–Crippen LogP) is 2.33. The van der Waals surface area contributed by atoms with Crippen molar-refractivity contribution in [3.63, 3.8) is 0 Å². The molecule has 1 saturated heterocycles. The highest BCUT2D eigenvalue weighted by atomic mass is 35.5. The Balaban J connectivity index is 1.75. The Morgan fingerprint density at radius 3 is 2.57 bits per heavy atom. The summed E-state index contributed by atoms with van der Waals surface area (Å²) in [6, 6.07) is 8.11. The van der Waals surface area contributed by atoms with Crippen molar-refractivity contribution < 1.29 is 9.90 Å². The van der Waals surface area contributed by atoms with Crippen molar-refractivity contribution in [2.24, 2.45) is 0 Å². The van der Waals surface area contributed by atoms with Crippen LogP contribution in [0, 0.1) is 0 Å². The van der Waals surface area contributed by atoms with E-state index < -0.39 is 0 Å². The highest BCUT2D eigenvalue weighted by Crippen LogP contribution is 2.16. The molecule has 2 N–H and O–H groups in total. The Morgan fingerprint density at radius 2 is 2.00 bits per heavy atom. The zero-order chi connectivity index (χ0) is 16.7. The molecule has 2 rings (SSSR count). The molecule has 6 heteroatoms. The number of rotatable bonds is 6. The van der Waals surface area contributed by atoms with Crippen LogP contribution in [-0.4, -0.2) is 59.8 Å². The lowest BCUT2D eigenvalue weighted by atomic mass is 10.0. The van der Waals surface area contributed by atoms with Crippen LogP contribution in [0.1, 0.15) is 25.3 Å². The van der Waals surface area contributed by atoms with Crippen LogP contribution >= 0.6 is 11.6 Å². The predicted molar refractivity (Wildman–Crippen MR) is 92.6 cm³/mol. The number of urea groups is 1. The van der Waals surface area contributed by atoms with Gasteiger partial charge >= 0.3 is 6.03 Å². The summed E-state index contributed by atoms with van der Waals surface area (Å²) in [5, 5.41) is 12.8. The number of aliphatic hydroxyl groups excluding tert-OH is 1. The van der Waals surface area contributed by atoms with Gasteiger partial charge in [0.2, 0.25) is 0 Å². The zero-order valence-electron chi connectivity index (χ0n) is 13.7. The van der Waals surface area contributed by atoms with Crippen LogP contribution in [0.25, 0.3) is 0 Å². The van der Waals surface area contributed by atoms with E-state index in [0.29, 0.717) is 13.1 Å². The fraction of sp³-hybridized carbons (Fsp3) is 0.588. The second kappa shape index (κ2) is 9.11. The van der Waals surface area contributed by atoms with E-state index in [4.69, 9.17) is 16.7 Å². The van der Waals surface area contributed by atoms with Crippen molar-refractivity contribution >= 4 is 17.6 Å². The van der Waals surface area contributed by atoms with Crippen LogP contribution in [0.4, 0.5) is 4.79 Å². The number of nitrogens with zero attached hydrogens (tertiary/aromatic N) is 2. The molecule has 1 aliphatic heterocycles. The van der Waals surface area contributed by atoms with Gasteiger partial charge in [0.15, 0.2) is 0 Å². The molecule has 23 heavy (non-hydrogen) atoms. The summed E-state index contributed by atoms with van der Waals surface area (Å²) in [5.41, 5.74) is 1.26. The summed E-state index contributed by atoms with van der Waals surface area (Å²) >= 11 is 5.91. The van der Waals surface area contributed by atoms with Gasteiger partial charge in [0.1, 0.15) is 0 Å². The van der Waals surface area contributed by atoms with Gasteiger partial charge < -0.3 is 15.3 Å². The maximum absolute atomic E-state index is 12.1. The maximum Gasteiger partial charge on any atom is 0.317 e. The molecule has 0 bridgehead atoms. The van der Waals surface area contributed by atoms with Gasteiger partial charge in [0.05, 0.1) is 6.61 Å². The summed E-state index contributed by atoms with van der Waals surface area (Å²) in [7, 11) is 0.